The second-order valence-electron chi connectivity index (χ2n) is 4.21. The second-order valence-corrected chi connectivity index (χ2v) is 4.21. The summed E-state index contributed by atoms with van der Waals surface area (Å²) >= 11 is 0. The van der Waals surface area contributed by atoms with E-state index in [2.05, 4.69) is 37.4 Å². The lowest BCUT2D eigenvalue weighted by molar-refractivity contribution is 0.221. The van der Waals surface area contributed by atoms with E-state index in [0.29, 0.717) is 0 Å². The third-order valence-corrected chi connectivity index (χ3v) is 2.76. The Hall–Kier alpha value is -1.54. The fourth-order valence-electron chi connectivity index (χ4n) is 1.90. The van der Waals surface area contributed by atoms with Crippen LogP contribution < -0.4 is 10.1 Å². The van der Waals surface area contributed by atoms with Gasteiger partial charge in [-0.25, -0.2) is 0 Å². The summed E-state index contributed by atoms with van der Waals surface area (Å²) in [4.78, 5) is 0. The van der Waals surface area contributed by atoms with Crippen molar-refractivity contribution in [2.45, 2.75) is 20.0 Å². The number of rotatable bonds is 5. The van der Waals surface area contributed by atoms with Crippen LogP contribution in [0.3, 0.4) is 0 Å². The first-order valence-electron chi connectivity index (χ1n) is 6.16. The Bertz CT molecular complexity index is 476. The molecule has 0 aliphatic carbocycles. The SMILES string of the molecule is CCNCC(C)Oc1cccc2ccccc12. The third kappa shape index (κ3) is 2.98. The quantitative estimate of drug-likeness (QED) is 0.850. The standard InChI is InChI=1S/C15H19NO/c1-3-16-11-12(2)17-15-10-6-8-13-7-4-5-9-14(13)15/h4-10,12,16H,3,11H2,1-2H3. The van der Waals surface area contributed by atoms with Crippen molar-refractivity contribution >= 4 is 10.8 Å². The number of likely N-dealkylation sites (N-methyl/N-ethyl adjacent to an activating group) is 1. The predicted octanol–water partition coefficient (Wildman–Crippen LogP) is 3.22. The molecule has 2 aromatic carbocycles. The third-order valence-electron chi connectivity index (χ3n) is 2.76. The average Bonchev–Trinajstić information content (AvgIpc) is 2.37. The smallest absolute Gasteiger partial charge is 0.127 e. The minimum Gasteiger partial charge on any atom is -0.489 e. The van der Waals surface area contributed by atoms with Crippen LogP contribution >= 0.6 is 0 Å². The molecule has 2 heteroatoms. The van der Waals surface area contributed by atoms with E-state index < -0.39 is 0 Å². The lowest BCUT2D eigenvalue weighted by Gasteiger charge is -2.16. The van der Waals surface area contributed by atoms with Gasteiger partial charge in [0.2, 0.25) is 0 Å². The molecule has 0 radical (unpaired) electrons. The van der Waals surface area contributed by atoms with Crippen molar-refractivity contribution in [3.8, 4) is 5.75 Å². The van der Waals surface area contributed by atoms with Crippen LogP contribution in [0.5, 0.6) is 5.75 Å². The summed E-state index contributed by atoms with van der Waals surface area (Å²) in [6.45, 7) is 6.04. The van der Waals surface area contributed by atoms with Gasteiger partial charge in [-0.15, -0.1) is 0 Å². The fraction of sp³-hybridized carbons (Fsp3) is 0.333. The number of ether oxygens (including phenoxy) is 1. The Kier molecular flexibility index (Phi) is 3.99. The van der Waals surface area contributed by atoms with Crippen LogP contribution in [0.1, 0.15) is 13.8 Å². The molecule has 0 fully saturated rings. The van der Waals surface area contributed by atoms with Gasteiger partial charge in [-0.2, -0.15) is 0 Å². The molecule has 0 saturated carbocycles. The van der Waals surface area contributed by atoms with Crippen LogP contribution in [-0.4, -0.2) is 19.2 Å². The van der Waals surface area contributed by atoms with Crippen molar-refractivity contribution < 1.29 is 4.74 Å². The summed E-state index contributed by atoms with van der Waals surface area (Å²) < 4.78 is 5.97. The average molecular weight is 229 g/mol. The van der Waals surface area contributed by atoms with Crippen molar-refractivity contribution in [3.63, 3.8) is 0 Å². The molecule has 2 rings (SSSR count). The molecule has 0 saturated heterocycles. The van der Waals surface area contributed by atoms with E-state index in [1.807, 2.05) is 24.3 Å². The maximum Gasteiger partial charge on any atom is 0.127 e. The molecular weight excluding hydrogens is 210 g/mol. The van der Waals surface area contributed by atoms with Crippen LogP contribution in [-0.2, 0) is 0 Å². The monoisotopic (exact) mass is 229 g/mol. The Labute approximate surface area is 103 Å². The van der Waals surface area contributed by atoms with Crippen LogP contribution in [0.25, 0.3) is 10.8 Å². The number of nitrogens with one attached hydrogen (secondary N) is 1. The molecule has 0 bridgehead atoms. The van der Waals surface area contributed by atoms with E-state index in [9.17, 15) is 0 Å². The van der Waals surface area contributed by atoms with Crippen molar-refractivity contribution in [1.82, 2.24) is 5.32 Å². The van der Waals surface area contributed by atoms with Gasteiger partial charge in [0.25, 0.3) is 0 Å². The summed E-state index contributed by atoms with van der Waals surface area (Å²) in [5.41, 5.74) is 0. The Morgan fingerprint density at radius 1 is 1.12 bits per heavy atom. The first-order valence-corrected chi connectivity index (χ1v) is 6.16. The highest BCUT2D eigenvalue weighted by Crippen LogP contribution is 2.25. The summed E-state index contributed by atoms with van der Waals surface area (Å²) in [7, 11) is 0. The summed E-state index contributed by atoms with van der Waals surface area (Å²) in [5.74, 6) is 0.966. The maximum atomic E-state index is 5.97. The zero-order valence-corrected chi connectivity index (χ0v) is 10.4. The normalized spacial score (nSPS) is 12.6. The highest BCUT2D eigenvalue weighted by molar-refractivity contribution is 5.88. The van der Waals surface area contributed by atoms with Gasteiger partial charge in [0, 0.05) is 11.9 Å². The minimum atomic E-state index is 0.181. The zero-order chi connectivity index (χ0) is 12.1. The molecule has 0 spiro atoms. The van der Waals surface area contributed by atoms with E-state index >= 15 is 0 Å². The van der Waals surface area contributed by atoms with Crippen molar-refractivity contribution in [3.05, 3.63) is 42.5 Å². The number of hydrogen-bond donors (Lipinski definition) is 1. The molecule has 2 nitrogen and oxygen atoms in total. The summed E-state index contributed by atoms with van der Waals surface area (Å²) in [5, 5.41) is 5.69. The molecule has 17 heavy (non-hydrogen) atoms. The van der Waals surface area contributed by atoms with Gasteiger partial charge in [0.15, 0.2) is 0 Å². The molecule has 0 amide bonds. The van der Waals surface area contributed by atoms with Gasteiger partial charge in [-0.05, 0) is 24.9 Å². The second kappa shape index (κ2) is 5.69. The predicted molar refractivity (Wildman–Crippen MR) is 72.6 cm³/mol. The molecule has 0 heterocycles. The topological polar surface area (TPSA) is 21.3 Å². The first kappa shape index (κ1) is 11.9. The highest BCUT2D eigenvalue weighted by atomic mass is 16.5. The lowest BCUT2D eigenvalue weighted by Crippen LogP contribution is -2.28. The van der Waals surface area contributed by atoms with Crippen molar-refractivity contribution in [1.29, 1.82) is 0 Å². The van der Waals surface area contributed by atoms with Gasteiger partial charge in [0.1, 0.15) is 11.9 Å². The van der Waals surface area contributed by atoms with Gasteiger partial charge in [-0.3, -0.25) is 0 Å². The largest absolute Gasteiger partial charge is 0.489 e. The Morgan fingerprint density at radius 3 is 2.71 bits per heavy atom. The molecule has 1 N–H and O–H groups in total. The highest BCUT2D eigenvalue weighted by Gasteiger charge is 2.06. The molecule has 90 valence electrons. The van der Waals surface area contributed by atoms with E-state index in [0.717, 1.165) is 18.8 Å². The Balaban J connectivity index is 2.18. The van der Waals surface area contributed by atoms with Gasteiger partial charge in [0.05, 0.1) is 0 Å². The molecule has 0 aliphatic rings. The summed E-state index contributed by atoms with van der Waals surface area (Å²) in [6, 6.07) is 14.5. The molecule has 1 atom stereocenters. The van der Waals surface area contributed by atoms with Gasteiger partial charge < -0.3 is 10.1 Å². The maximum absolute atomic E-state index is 5.97. The molecular formula is C15H19NO. The molecule has 1 unspecified atom stereocenters. The Morgan fingerprint density at radius 2 is 1.88 bits per heavy atom. The molecule has 0 aromatic heterocycles. The zero-order valence-electron chi connectivity index (χ0n) is 10.4. The van der Waals surface area contributed by atoms with E-state index in [4.69, 9.17) is 4.74 Å². The molecule has 0 aliphatic heterocycles. The van der Waals surface area contributed by atoms with E-state index in [1.165, 1.54) is 10.8 Å². The summed E-state index contributed by atoms with van der Waals surface area (Å²) in [6.07, 6.45) is 0.181. The first-order chi connectivity index (χ1) is 8.31. The van der Waals surface area contributed by atoms with Crippen LogP contribution in [0, 0.1) is 0 Å². The van der Waals surface area contributed by atoms with Crippen molar-refractivity contribution in [2.24, 2.45) is 0 Å². The number of fused-ring (bicyclic) bond motifs is 1. The fourth-order valence-corrected chi connectivity index (χ4v) is 1.90. The van der Waals surface area contributed by atoms with Crippen molar-refractivity contribution in [2.75, 3.05) is 13.1 Å². The number of benzene rings is 2. The van der Waals surface area contributed by atoms with Crippen LogP contribution in [0.15, 0.2) is 42.5 Å². The van der Waals surface area contributed by atoms with Gasteiger partial charge >= 0.3 is 0 Å². The van der Waals surface area contributed by atoms with E-state index in [-0.39, 0.29) is 6.10 Å². The lowest BCUT2D eigenvalue weighted by atomic mass is 10.1. The van der Waals surface area contributed by atoms with E-state index in [1.54, 1.807) is 0 Å². The molecule has 2 aromatic rings. The van der Waals surface area contributed by atoms with Crippen LogP contribution in [0.4, 0.5) is 0 Å². The van der Waals surface area contributed by atoms with Crippen LogP contribution in [0.2, 0.25) is 0 Å². The number of hydrogen-bond acceptors (Lipinski definition) is 2. The minimum absolute atomic E-state index is 0.181. The van der Waals surface area contributed by atoms with Gasteiger partial charge in [-0.1, -0.05) is 43.3 Å².